The third-order valence-corrected chi connectivity index (χ3v) is 8.45. The number of nitrogens with two attached hydrogens (primary N) is 1. The number of rotatable bonds is 6. The van der Waals surface area contributed by atoms with Gasteiger partial charge >= 0.3 is 0 Å². The van der Waals surface area contributed by atoms with E-state index in [1.54, 1.807) is 54.6 Å². The van der Waals surface area contributed by atoms with Crippen LogP contribution in [0.1, 0.15) is 11.5 Å². The number of aromatic hydroxyl groups is 1. The Bertz CT molecular complexity index is 1840. The van der Waals surface area contributed by atoms with E-state index < -0.39 is 16.1 Å². The highest BCUT2D eigenvalue weighted by atomic mass is 32.2. The maximum atomic E-state index is 13.8. The summed E-state index contributed by atoms with van der Waals surface area (Å²) in [5, 5.41) is 32.7. The molecule has 2 unspecified atom stereocenters. The average molecular weight is 584 g/mol. The lowest BCUT2D eigenvalue weighted by molar-refractivity contribution is -0.117. The van der Waals surface area contributed by atoms with Crippen LogP contribution >= 0.6 is 0 Å². The van der Waals surface area contributed by atoms with E-state index in [9.17, 15) is 18.3 Å². The summed E-state index contributed by atoms with van der Waals surface area (Å²) in [5.74, 6) is 0.0476. The third-order valence-electron chi connectivity index (χ3n) is 7.48. The fourth-order valence-corrected chi connectivity index (χ4v) is 6.10. The molecular weight excluding hydrogens is 554 g/mol. The molecule has 6 N–H and O–H groups in total. The Balaban J connectivity index is 1.28. The van der Waals surface area contributed by atoms with Crippen molar-refractivity contribution < 1.29 is 18.3 Å². The Morgan fingerprint density at radius 1 is 0.929 bits per heavy atom. The first-order chi connectivity index (χ1) is 20.3. The SMILES string of the molecule is NS(=O)(=O)c1ccccc1-c1ccc(NC(=O)C2CNCC(c3ccc(O)cc3)CN2c2ccc3n[nH]nc3c2)cc1. The van der Waals surface area contributed by atoms with Crippen molar-refractivity contribution in [3.05, 3.63) is 96.6 Å². The van der Waals surface area contributed by atoms with Crippen molar-refractivity contribution in [2.45, 2.75) is 16.9 Å². The highest BCUT2D eigenvalue weighted by Gasteiger charge is 2.32. The minimum atomic E-state index is -3.90. The predicted molar refractivity (Wildman–Crippen MR) is 161 cm³/mol. The molecule has 1 aliphatic heterocycles. The summed E-state index contributed by atoms with van der Waals surface area (Å²) in [6.07, 6.45) is 0. The van der Waals surface area contributed by atoms with Crippen molar-refractivity contribution >= 4 is 38.3 Å². The van der Waals surface area contributed by atoms with Crippen LogP contribution in [-0.4, -0.2) is 60.5 Å². The lowest BCUT2D eigenvalue weighted by Crippen LogP contribution is -2.48. The number of phenolic OH excluding ortho intramolecular Hbond substituents is 1. The van der Waals surface area contributed by atoms with Crippen LogP contribution in [0.4, 0.5) is 11.4 Å². The number of aromatic amines is 1. The molecule has 2 heterocycles. The van der Waals surface area contributed by atoms with Crippen LogP contribution in [0.3, 0.4) is 0 Å². The molecule has 0 spiro atoms. The monoisotopic (exact) mass is 583 g/mol. The Kier molecular flexibility index (Phi) is 7.33. The molecule has 4 aromatic carbocycles. The number of fused-ring (bicyclic) bond motifs is 1. The summed E-state index contributed by atoms with van der Waals surface area (Å²) >= 11 is 0. The smallest absolute Gasteiger partial charge is 0.248 e. The highest BCUT2D eigenvalue weighted by Crippen LogP contribution is 2.30. The normalized spacial score (nSPS) is 17.6. The number of hydrogen-bond donors (Lipinski definition) is 5. The van der Waals surface area contributed by atoms with Crippen LogP contribution in [-0.2, 0) is 14.8 Å². The summed E-state index contributed by atoms with van der Waals surface area (Å²) in [6.45, 7) is 1.59. The van der Waals surface area contributed by atoms with Gasteiger partial charge in [-0.2, -0.15) is 15.4 Å². The second kappa shape index (κ2) is 11.2. The molecule has 1 aromatic heterocycles. The fraction of sp³-hybridized carbons (Fsp3) is 0.167. The number of sulfonamides is 1. The molecular formula is C30H29N7O4S. The fourth-order valence-electron chi connectivity index (χ4n) is 5.34. The number of carbonyl (C=O) groups is 1. The summed E-state index contributed by atoms with van der Waals surface area (Å²) in [6, 6.07) is 25.8. The first-order valence-electron chi connectivity index (χ1n) is 13.4. The molecule has 11 nitrogen and oxygen atoms in total. The number of nitrogens with one attached hydrogen (secondary N) is 3. The van der Waals surface area contributed by atoms with Crippen LogP contribution in [0.2, 0.25) is 0 Å². The second-order valence-corrected chi connectivity index (χ2v) is 11.7. The third kappa shape index (κ3) is 5.68. The van der Waals surface area contributed by atoms with Crippen LogP contribution < -0.4 is 20.7 Å². The number of amides is 1. The number of carbonyl (C=O) groups excluding carboxylic acids is 1. The number of anilines is 2. The van der Waals surface area contributed by atoms with Crippen molar-refractivity contribution in [3.8, 4) is 16.9 Å². The Hall–Kier alpha value is -4.78. The average Bonchev–Trinajstić information content (AvgIpc) is 3.34. The van der Waals surface area contributed by atoms with Gasteiger partial charge in [0.2, 0.25) is 15.9 Å². The molecule has 1 aliphatic rings. The topological polar surface area (TPSA) is 166 Å². The zero-order valence-corrected chi connectivity index (χ0v) is 23.3. The molecule has 1 amide bonds. The van der Waals surface area contributed by atoms with E-state index >= 15 is 0 Å². The summed E-state index contributed by atoms with van der Waals surface area (Å²) in [5.41, 5.74) is 5.02. The highest BCUT2D eigenvalue weighted by molar-refractivity contribution is 7.89. The molecule has 6 rings (SSSR count). The maximum absolute atomic E-state index is 13.8. The molecule has 0 saturated carbocycles. The van der Waals surface area contributed by atoms with Crippen LogP contribution in [0, 0.1) is 0 Å². The van der Waals surface area contributed by atoms with Gasteiger partial charge in [-0.25, -0.2) is 13.6 Å². The maximum Gasteiger partial charge on any atom is 0.248 e. The Morgan fingerprint density at radius 2 is 1.67 bits per heavy atom. The molecule has 1 saturated heterocycles. The van der Waals surface area contributed by atoms with E-state index in [0.29, 0.717) is 42.0 Å². The Labute approximate surface area is 242 Å². The number of primary sulfonamides is 1. The van der Waals surface area contributed by atoms with Crippen LogP contribution in [0.25, 0.3) is 22.2 Å². The molecule has 12 heteroatoms. The van der Waals surface area contributed by atoms with Crippen molar-refractivity contribution in [3.63, 3.8) is 0 Å². The van der Waals surface area contributed by atoms with Gasteiger partial charge in [0.25, 0.3) is 0 Å². The first kappa shape index (κ1) is 27.4. The second-order valence-electron chi connectivity index (χ2n) is 10.2. The molecule has 5 aromatic rings. The zero-order valence-electron chi connectivity index (χ0n) is 22.4. The van der Waals surface area contributed by atoms with Gasteiger partial charge in [0.15, 0.2) is 0 Å². The van der Waals surface area contributed by atoms with Gasteiger partial charge in [-0.05, 0) is 59.7 Å². The van der Waals surface area contributed by atoms with Gasteiger partial charge in [-0.1, -0.05) is 42.5 Å². The van der Waals surface area contributed by atoms with Crippen molar-refractivity contribution in [1.29, 1.82) is 0 Å². The standard InChI is InChI=1S/C30H29N7O4S/c31-42(40,41)29-4-2-1-3-25(29)20-5-9-22(10-6-20)33-30(39)28-17-32-16-21(19-7-12-24(38)13-8-19)18-37(28)23-11-14-26-27(15-23)35-36-34-26/h1-15,21,28,32,38H,16-18H2,(H,33,39)(H2,31,40,41)(H,34,35,36). The first-order valence-corrected chi connectivity index (χ1v) is 14.9. The van der Waals surface area contributed by atoms with Gasteiger partial charge in [0, 0.05) is 42.5 Å². The lowest BCUT2D eigenvalue weighted by Gasteiger charge is -2.32. The number of nitrogens with zero attached hydrogens (tertiary/aromatic N) is 3. The summed E-state index contributed by atoms with van der Waals surface area (Å²) in [7, 11) is -3.90. The van der Waals surface area contributed by atoms with E-state index in [1.807, 2.05) is 30.3 Å². The Morgan fingerprint density at radius 3 is 2.43 bits per heavy atom. The van der Waals surface area contributed by atoms with Gasteiger partial charge in [0.1, 0.15) is 22.8 Å². The summed E-state index contributed by atoms with van der Waals surface area (Å²) < 4.78 is 24.1. The summed E-state index contributed by atoms with van der Waals surface area (Å²) in [4.78, 5) is 15.9. The molecule has 0 radical (unpaired) electrons. The van der Waals surface area contributed by atoms with E-state index in [-0.39, 0.29) is 22.5 Å². The van der Waals surface area contributed by atoms with Gasteiger partial charge in [-0.15, -0.1) is 0 Å². The van der Waals surface area contributed by atoms with E-state index in [1.165, 1.54) is 6.07 Å². The minimum Gasteiger partial charge on any atom is -0.508 e. The van der Waals surface area contributed by atoms with E-state index in [0.717, 1.165) is 16.8 Å². The molecule has 2 atom stereocenters. The van der Waals surface area contributed by atoms with Gasteiger partial charge in [-0.3, -0.25) is 4.79 Å². The zero-order chi connectivity index (χ0) is 29.3. The van der Waals surface area contributed by atoms with Gasteiger partial charge < -0.3 is 20.6 Å². The number of aromatic nitrogens is 3. The minimum absolute atomic E-state index is 0.0363. The van der Waals surface area contributed by atoms with Crippen LogP contribution in [0.5, 0.6) is 5.75 Å². The molecule has 0 bridgehead atoms. The largest absolute Gasteiger partial charge is 0.508 e. The van der Waals surface area contributed by atoms with Gasteiger partial charge in [0.05, 0.1) is 4.90 Å². The van der Waals surface area contributed by atoms with Crippen molar-refractivity contribution in [2.75, 3.05) is 29.9 Å². The van der Waals surface area contributed by atoms with E-state index in [4.69, 9.17) is 5.14 Å². The van der Waals surface area contributed by atoms with E-state index in [2.05, 4.69) is 30.9 Å². The lowest BCUT2D eigenvalue weighted by atomic mass is 9.98. The predicted octanol–water partition coefficient (Wildman–Crippen LogP) is 3.18. The number of phenols is 1. The number of H-pyrrole nitrogens is 1. The number of benzene rings is 4. The van der Waals surface area contributed by atoms with Crippen molar-refractivity contribution in [2.24, 2.45) is 5.14 Å². The number of hydrogen-bond acceptors (Lipinski definition) is 8. The molecule has 214 valence electrons. The molecule has 42 heavy (non-hydrogen) atoms. The molecule has 1 fully saturated rings. The van der Waals surface area contributed by atoms with Crippen molar-refractivity contribution in [1.82, 2.24) is 20.7 Å². The molecule has 0 aliphatic carbocycles. The van der Waals surface area contributed by atoms with Crippen LogP contribution in [0.15, 0.2) is 95.9 Å². The quantitative estimate of drug-likeness (QED) is 0.203.